The number of likely N-dealkylation sites (tertiary alicyclic amines) is 1. The van der Waals surface area contributed by atoms with Crippen LogP contribution in [0.3, 0.4) is 0 Å². The molecule has 2 fully saturated rings. The maximum Gasteiger partial charge on any atom is 0.288 e. The third-order valence-corrected chi connectivity index (χ3v) is 3.33. The summed E-state index contributed by atoms with van der Waals surface area (Å²) >= 11 is 0. The Morgan fingerprint density at radius 3 is 2.44 bits per heavy atom. The fourth-order valence-electron chi connectivity index (χ4n) is 2.49. The van der Waals surface area contributed by atoms with Gasteiger partial charge in [0.25, 0.3) is 5.91 Å². The molecule has 1 atom stereocenters. The van der Waals surface area contributed by atoms with Gasteiger partial charge in [-0.15, -0.1) is 0 Å². The second-order valence-corrected chi connectivity index (χ2v) is 4.72. The van der Waals surface area contributed by atoms with E-state index in [2.05, 4.69) is 0 Å². The highest BCUT2D eigenvalue weighted by Crippen LogP contribution is 2.14. The number of hydrogen-bond donors (Lipinski definition) is 1. The zero-order valence-corrected chi connectivity index (χ0v) is 9.86. The van der Waals surface area contributed by atoms with Gasteiger partial charge in [-0.25, -0.2) is 0 Å². The Kier molecular flexibility index (Phi) is 3.25. The molecule has 0 spiro atoms. The maximum absolute atomic E-state index is 12.1. The number of ether oxygens (including phenoxy) is 1. The normalized spacial score (nSPS) is 28.2. The van der Waals surface area contributed by atoms with Crippen molar-refractivity contribution in [1.29, 1.82) is 0 Å². The number of rotatable bonds is 2. The number of carbonyl (C=O) groups excluding carboxylic acids is 2. The molecule has 0 aromatic carbocycles. The number of carbonyl (C=O) groups is 2. The van der Waals surface area contributed by atoms with Crippen LogP contribution in [-0.4, -0.2) is 55.1 Å². The van der Waals surface area contributed by atoms with Gasteiger partial charge in [0, 0.05) is 6.04 Å². The molecule has 0 aliphatic carbocycles. The number of amides is 2. The Labute approximate surface area is 95.3 Å². The van der Waals surface area contributed by atoms with Crippen LogP contribution in [0.2, 0.25) is 0 Å². The molecule has 2 rings (SSSR count). The zero-order chi connectivity index (χ0) is 11.7. The molecular weight excluding hydrogens is 208 g/mol. The van der Waals surface area contributed by atoms with Crippen molar-refractivity contribution in [2.24, 2.45) is 0 Å². The fraction of sp³-hybridized carbons (Fsp3) is 0.818. The smallest absolute Gasteiger partial charge is 0.288 e. The summed E-state index contributed by atoms with van der Waals surface area (Å²) in [4.78, 5) is 26.5. The van der Waals surface area contributed by atoms with Crippen molar-refractivity contribution in [3.8, 4) is 0 Å². The molecule has 0 unspecified atom stereocenters. The van der Waals surface area contributed by atoms with Crippen LogP contribution in [0.5, 0.6) is 0 Å². The molecule has 0 radical (unpaired) electrons. The number of morpholine rings is 1. The predicted molar refractivity (Wildman–Crippen MR) is 56.9 cm³/mol. The Morgan fingerprint density at radius 1 is 1.31 bits per heavy atom. The second kappa shape index (κ2) is 4.51. The van der Waals surface area contributed by atoms with E-state index in [1.54, 1.807) is 0 Å². The molecule has 2 heterocycles. The highest BCUT2D eigenvalue weighted by atomic mass is 16.5. The zero-order valence-electron chi connectivity index (χ0n) is 9.86. The Balaban J connectivity index is 2.07. The van der Waals surface area contributed by atoms with Crippen LogP contribution >= 0.6 is 0 Å². The first-order chi connectivity index (χ1) is 7.61. The highest BCUT2D eigenvalue weighted by Gasteiger charge is 2.46. The summed E-state index contributed by atoms with van der Waals surface area (Å²) in [5.74, 6) is -0.0270. The molecule has 0 aromatic heterocycles. The summed E-state index contributed by atoms with van der Waals surface area (Å²) in [6.45, 7) is 6.80. The summed E-state index contributed by atoms with van der Waals surface area (Å²) in [6.07, 6.45) is 0.367. The third-order valence-electron chi connectivity index (χ3n) is 3.33. The van der Waals surface area contributed by atoms with Gasteiger partial charge in [-0.05, 0) is 13.8 Å². The lowest BCUT2D eigenvalue weighted by Gasteiger charge is -2.28. The highest BCUT2D eigenvalue weighted by molar-refractivity contribution is 6.05. The van der Waals surface area contributed by atoms with Crippen molar-refractivity contribution in [2.75, 3.05) is 26.3 Å². The quantitative estimate of drug-likeness (QED) is 0.580. The van der Waals surface area contributed by atoms with E-state index in [0.717, 1.165) is 13.1 Å². The largest absolute Gasteiger partial charge is 0.370 e. The first kappa shape index (κ1) is 11.5. The van der Waals surface area contributed by atoms with E-state index in [1.165, 1.54) is 9.80 Å². The number of nitrogens with zero attached hydrogens (tertiary/aromatic N) is 1. The number of quaternary nitrogens is 1. The van der Waals surface area contributed by atoms with Crippen LogP contribution in [0, 0.1) is 0 Å². The average molecular weight is 227 g/mol. The van der Waals surface area contributed by atoms with Crippen molar-refractivity contribution < 1.29 is 19.2 Å². The van der Waals surface area contributed by atoms with Gasteiger partial charge >= 0.3 is 0 Å². The Morgan fingerprint density at radius 2 is 1.94 bits per heavy atom. The van der Waals surface area contributed by atoms with E-state index in [-0.39, 0.29) is 23.9 Å². The van der Waals surface area contributed by atoms with Crippen LogP contribution in [0.1, 0.15) is 20.3 Å². The van der Waals surface area contributed by atoms with Gasteiger partial charge in [0.15, 0.2) is 6.04 Å². The summed E-state index contributed by atoms with van der Waals surface area (Å²) in [5, 5.41) is 0. The summed E-state index contributed by atoms with van der Waals surface area (Å²) in [5.41, 5.74) is 0. The van der Waals surface area contributed by atoms with Crippen molar-refractivity contribution in [1.82, 2.24) is 4.90 Å². The van der Waals surface area contributed by atoms with Gasteiger partial charge in [-0.1, -0.05) is 0 Å². The lowest BCUT2D eigenvalue weighted by molar-refractivity contribution is -0.922. The van der Waals surface area contributed by atoms with Gasteiger partial charge in [0.05, 0.1) is 19.6 Å². The second-order valence-electron chi connectivity index (χ2n) is 4.72. The van der Waals surface area contributed by atoms with E-state index in [1.807, 2.05) is 13.8 Å². The third kappa shape index (κ3) is 1.97. The SMILES string of the molecule is CC(C)N1C(=O)C[C@@H]([NH+]2CCOCC2)C1=O. The van der Waals surface area contributed by atoms with Crippen molar-refractivity contribution in [2.45, 2.75) is 32.4 Å². The maximum atomic E-state index is 12.1. The molecule has 2 aliphatic rings. The molecular formula is C11H19N2O3+. The van der Waals surface area contributed by atoms with Gasteiger partial charge in [0.1, 0.15) is 13.1 Å². The molecule has 5 nitrogen and oxygen atoms in total. The van der Waals surface area contributed by atoms with Gasteiger partial charge in [0.2, 0.25) is 5.91 Å². The molecule has 2 amide bonds. The Bertz CT molecular complexity index is 298. The van der Waals surface area contributed by atoms with E-state index in [0.29, 0.717) is 19.6 Å². The first-order valence-electron chi connectivity index (χ1n) is 5.89. The monoisotopic (exact) mass is 227 g/mol. The average Bonchev–Trinajstić information content (AvgIpc) is 2.55. The Hall–Kier alpha value is -0.940. The minimum Gasteiger partial charge on any atom is -0.370 e. The van der Waals surface area contributed by atoms with Gasteiger partial charge in [-0.2, -0.15) is 0 Å². The molecule has 0 aromatic rings. The molecule has 2 aliphatic heterocycles. The molecule has 0 bridgehead atoms. The minimum absolute atomic E-state index is 0.00287. The van der Waals surface area contributed by atoms with Crippen LogP contribution in [0.15, 0.2) is 0 Å². The van der Waals surface area contributed by atoms with Crippen LogP contribution in [-0.2, 0) is 14.3 Å². The van der Waals surface area contributed by atoms with Gasteiger partial charge in [-0.3, -0.25) is 14.5 Å². The van der Waals surface area contributed by atoms with Crippen molar-refractivity contribution in [3.05, 3.63) is 0 Å². The summed E-state index contributed by atoms with van der Waals surface area (Å²) in [6, 6.07) is -0.191. The summed E-state index contributed by atoms with van der Waals surface area (Å²) < 4.78 is 5.26. The predicted octanol–water partition coefficient (Wildman–Crippen LogP) is -1.56. The van der Waals surface area contributed by atoms with Crippen molar-refractivity contribution in [3.63, 3.8) is 0 Å². The molecule has 16 heavy (non-hydrogen) atoms. The molecule has 2 saturated heterocycles. The molecule has 0 saturated carbocycles. The van der Waals surface area contributed by atoms with E-state index < -0.39 is 0 Å². The summed E-state index contributed by atoms with van der Waals surface area (Å²) in [7, 11) is 0. The van der Waals surface area contributed by atoms with Gasteiger partial charge < -0.3 is 9.64 Å². The number of hydrogen-bond acceptors (Lipinski definition) is 3. The molecule has 5 heteroatoms. The number of nitrogens with one attached hydrogen (secondary N) is 1. The lowest BCUT2D eigenvalue weighted by atomic mass is 10.2. The minimum atomic E-state index is -0.168. The molecule has 90 valence electrons. The van der Waals surface area contributed by atoms with E-state index >= 15 is 0 Å². The lowest BCUT2D eigenvalue weighted by Crippen LogP contribution is -3.18. The topological polar surface area (TPSA) is 51.1 Å². The molecule has 1 N–H and O–H groups in total. The van der Waals surface area contributed by atoms with E-state index in [4.69, 9.17) is 4.74 Å². The standard InChI is InChI=1S/C11H18N2O3/c1-8(2)13-10(14)7-9(11(13)15)12-3-5-16-6-4-12/h8-9H,3-7H2,1-2H3/p+1/t9-/m1/s1. The number of imide groups is 1. The van der Waals surface area contributed by atoms with Crippen LogP contribution < -0.4 is 4.90 Å². The first-order valence-corrected chi connectivity index (χ1v) is 5.89. The van der Waals surface area contributed by atoms with E-state index in [9.17, 15) is 9.59 Å². The van der Waals surface area contributed by atoms with Crippen molar-refractivity contribution >= 4 is 11.8 Å². The fourth-order valence-corrected chi connectivity index (χ4v) is 2.49. The van der Waals surface area contributed by atoms with Crippen LogP contribution in [0.4, 0.5) is 0 Å². The van der Waals surface area contributed by atoms with Crippen LogP contribution in [0.25, 0.3) is 0 Å².